The fraction of sp³-hybridized carbons (Fsp3) is 0.211. The SMILES string of the molecule is CN(C)C(=O)CCc1cccc(-n2ccnc2-c2ccnc(N)c2)c1. The molecule has 1 amide bonds. The molecule has 1 aromatic carbocycles. The van der Waals surface area contributed by atoms with E-state index in [4.69, 9.17) is 5.73 Å². The lowest BCUT2D eigenvalue weighted by atomic mass is 10.1. The van der Waals surface area contributed by atoms with Gasteiger partial charge in [-0.15, -0.1) is 0 Å². The van der Waals surface area contributed by atoms with Gasteiger partial charge in [0.05, 0.1) is 0 Å². The third kappa shape index (κ3) is 3.85. The van der Waals surface area contributed by atoms with Crippen molar-refractivity contribution < 1.29 is 4.79 Å². The van der Waals surface area contributed by atoms with Crippen LogP contribution in [0.25, 0.3) is 17.1 Å². The zero-order valence-electron chi connectivity index (χ0n) is 14.4. The fourth-order valence-electron chi connectivity index (χ4n) is 2.65. The van der Waals surface area contributed by atoms with Crippen LogP contribution in [0.1, 0.15) is 12.0 Å². The molecule has 0 atom stereocenters. The van der Waals surface area contributed by atoms with E-state index in [1.54, 1.807) is 37.5 Å². The molecule has 0 aliphatic heterocycles. The molecule has 25 heavy (non-hydrogen) atoms. The number of benzene rings is 1. The van der Waals surface area contributed by atoms with Gasteiger partial charge >= 0.3 is 0 Å². The number of anilines is 1. The molecule has 0 bridgehead atoms. The van der Waals surface area contributed by atoms with Crippen LogP contribution in [0.4, 0.5) is 5.82 Å². The zero-order valence-corrected chi connectivity index (χ0v) is 14.4. The number of pyridine rings is 1. The molecule has 6 heteroatoms. The van der Waals surface area contributed by atoms with E-state index < -0.39 is 0 Å². The summed E-state index contributed by atoms with van der Waals surface area (Å²) in [6.45, 7) is 0. The Bertz CT molecular complexity index is 885. The number of aryl methyl sites for hydroxylation is 1. The van der Waals surface area contributed by atoms with Gasteiger partial charge in [-0.25, -0.2) is 9.97 Å². The molecule has 6 nitrogen and oxygen atoms in total. The van der Waals surface area contributed by atoms with Crippen LogP contribution in [-0.2, 0) is 11.2 Å². The lowest BCUT2D eigenvalue weighted by molar-refractivity contribution is -0.128. The van der Waals surface area contributed by atoms with E-state index in [1.165, 1.54) is 0 Å². The second-order valence-corrected chi connectivity index (χ2v) is 6.05. The van der Waals surface area contributed by atoms with Crippen molar-refractivity contribution >= 4 is 11.7 Å². The highest BCUT2D eigenvalue weighted by molar-refractivity contribution is 5.75. The topological polar surface area (TPSA) is 77.0 Å². The standard InChI is InChI=1S/C19H21N5O/c1-23(2)18(25)7-6-14-4-3-5-16(12-14)24-11-10-22-19(24)15-8-9-21-17(20)13-15/h3-5,8-13H,6-7H2,1-2H3,(H2,20,21). The summed E-state index contributed by atoms with van der Waals surface area (Å²) >= 11 is 0. The summed E-state index contributed by atoms with van der Waals surface area (Å²) in [4.78, 5) is 21.9. The van der Waals surface area contributed by atoms with Crippen LogP contribution >= 0.6 is 0 Å². The second kappa shape index (κ2) is 7.17. The van der Waals surface area contributed by atoms with Crippen LogP contribution in [0.2, 0.25) is 0 Å². The van der Waals surface area contributed by atoms with Crippen molar-refractivity contribution in [3.63, 3.8) is 0 Å². The first-order valence-corrected chi connectivity index (χ1v) is 8.09. The average Bonchev–Trinajstić information content (AvgIpc) is 3.09. The molecule has 0 unspecified atom stereocenters. The summed E-state index contributed by atoms with van der Waals surface area (Å²) in [5.41, 5.74) is 8.80. The Morgan fingerprint density at radius 1 is 1.16 bits per heavy atom. The summed E-state index contributed by atoms with van der Waals surface area (Å²) < 4.78 is 2.01. The molecule has 0 aliphatic carbocycles. The summed E-state index contributed by atoms with van der Waals surface area (Å²) in [7, 11) is 3.55. The Morgan fingerprint density at radius 2 is 2.00 bits per heavy atom. The van der Waals surface area contributed by atoms with Gasteiger partial charge in [-0.05, 0) is 36.2 Å². The molecule has 3 aromatic rings. The van der Waals surface area contributed by atoms with Gasteiger partial charge in [0, 0.05) is 50.4 Å². The molecule has 0 aliphatic rings. The highest BCUT2D eigenvalue weighted by atomic mass is 16.2. The summed E-state index contributed by atoms with van der Waals surface area (Å²) in [5, 5.41) is 0. The lowest BCUT2D eigenvalue weighted by Crippen LogP contribution is -2.21. The van der Waals surface area contributed by atoms with Crippen molar-refractivity contribution in [3.05, 3.63) is 60.6 Å². The van der Waals surface area contributed by atoms with Crippen molar-refractivity contribution in [3.8, 4) is 17.1 Å². The van der Waals surface area contributed by atoms with Crippen LogP contribution in [0.5, 0.6) is 0 Å². The minimum Gasteiger partial charge on any atom is -0.384 e. The summed E-state index contributed by atoms with van der Waals surface area (Å²) in [5.74, 6) is 1.39. The molecule has 0 saturated heterocycles. The van der Waals surface area contributed by atoms with E-state index in [2.05, 4.69) is 16.0 Å². The lowest BCUT2D eigenvalue weighted by Gasteiger charge is -2.12. The maximum absolute atomic E-state index is 11.8. The van der Waals surface area contributed by atoms with Gasteiger partial charge in [0.2, 0.25) is 5.91 Å². The number of imidazole rings is 1. The Kier molecular flexibility index (Phi) is 4.79. The normalized spacial score (nSPS) is 10.6. The van der Waals surface area contributed by atoms with Gasteiger partial charge in [0.25, 0.3) is 0 Å². The first-order chi connectivity index (χ1) is 12.0. The van der Waals surface area contributed by atoms with Crippen LogP contribution < -0.4 is 5.73 Å². The number of nitrogens with two attached hydrogens (primary N) is 1. The Balaban J connectivity index is 1.87. The van der Waals surface area contributed by atoms with Crippen LogP contribution in [0.3, 0.4) is 0 Å². The molecular weight excluding hydrogens is 314 g/mol. The molecule has 2 aromatic heterocycles. The number of nitrogens with zero attached hydrogens (tertiary/aromatic N) is 4. The minimum absolute atomic E-state index is 0.126. The third-order valence-corrected chi connectivity index (χ3v) is 4.00. The molecule has 3 rings (SSSR count). The van der Waals surface area contributed by atoms with Gasteiger partial charge in [-0.2, -0.15) is 0 Å². The molecule has 128 valence electrons. The van der Waals surface area contributed by atoms with Crippen molar-refractivity contribution in [2.75, 3.05) is 19.8 Å². The van der Waals surface area contributed by atoms with Gasteiger partial charge in [-0.3, -0.25) is 9.36 Å². The number of nitrogen functional groups attached to an aromatic ring is 1. The molecule has 0 saturated carbocycles. The van der Waals surface area contributed by atoms with Crippen molar-refractivity contribution in [1.29, 1.82) is 0 Å². The van der Waals surface area contributed by atoms with Crippen LogP contribution in [0, 0.1) is 0 Å². The predicted molar refractivity (Wildman–Crippen MR) is 98.2 cm³/mol. The van der Waals surface area contributed by atoms with Crippen molar-refractivity contribution in [2.24, 2.45) is 0 Å². The molecule has 0 fully saturated rings. The number of hydrogen-bond donors (Lipinski definition) is 1. The van der Waals surface area contributed by atoms with Crippen molar-refractivity contribution in [1.82, 2.24) is 19.4 Å². The second-order valence-electron chi connectivity index (χ2n) is 6.05. The zero-order chi connectivity index (χ0) is 17.8. The monoisotopic (exact) mass is 335 g/mol. The Labute approximate surface area is 146 Å². The smallest absolute Gasteiger partial charge is 0.222 e. The van der Waals surface area contributed by atoms with E-state index in [-0.39, 0.29) is 5.91 Å². The molecule has 0 spiro atoms. The number of hydrogen-bond acceptors (Lipinski definition) is 4. The van der Waals surface area contributed by atoms with Gasteiger partial charge < -0.3 is 10.6 Å². The van der Waals surface area contributed by atoms with E-state index in [0.717, 1.165) is 22.6 Å². The highest BCUT2D eigenvalue weighted by Gasteiger charge is 2.10. The quantitative estimate of drug-likeness (QED) is 0.777. The molecule has 2 N–H and O–H groups in total. The summed E-state index contributed by atoms with van der Waals surface area (Å²) in [6.07, 6.45) is 6.54. The van der Waals surface area contributed by atoms with Crippen LogP contribution in [0.15, 0.2) is 55.0 Å². The maximum atomic E-state index is 11.8. The van der Waals surface area contributed by atoms with E-state index in [0.29, 0.717) is 18.7 Å². The first kappa shape index (κ1) is 16.7. The Hall–Kier alpha value is -3.15. The van der Waals surface area contributed by atoms with E-state index >= 15 is 0 Å². The summed E-state index contributed by atoms with van der Waals surface area (Å²) in [6, 6.07) is 11.8. The molecular formula is C19H21N5O. The average molecular weight is 335 g/mol. The predicted octanol–water partition coefficient (Wildman–Crippen LogP) is 2.54. The first-order valence-electron chi connectivity index (χ1n) is 8.09. The van der Waals surface area contributed by atoms with E-state index in [9.17, 15) is 4.79 Å². The molecule has 2 heterocycles. The number of rotatable bonds is 5. The largest absolute Gasteiger partial charge is 0.384 e. The Morgan fingerprint density at radius 3 is 2.76 bits per heavy atom. The number of carbonyl (C=O) groups excluding carboxylic acids is 1. The number of carbonyl (C=O) groups is 1. The maximum Gasteiger partial charge on any atom is 0.222 e. The van der Waals surface area contributed by atoms with Crippen LogP contribution in [-0.4, -0.2) is 39.4 Å². The van der Waals surface area contributed by atoms with E-state index in [1.807, 2.05) is 35.0 Å². The van der Waals surface area contributed by atoms with Gasteiger partial charge in [0.15, 0.2) is 0 Å². The van der Waals surface area contributed by atoms with Gasteiger partial charge in [-0.1, -0.05) is 12.1 Å². The molecule has 0 radical (unpaired) electrons. The number of amides is 1. The van der Waals surface area contributed by atoms with Gasteiger partial charge in [0.1, 0.15) is 11.6 Å². The minimum atomic E-state index is 0.126. The van der Waals surface area contributed by atoms with Crippen molar-refractivity contribution in [2.45, 2.75) is 12.8 Å². The highest BCUT2D eigenvalue weighted by Crippen LogP contribution is 2.23. The fourth-order valence-corrected chi connectivity index (χ4v) is 2.65. The number of aromatic nitrogens is 3. The third-order valence-electron chi connectivity index (χ3n) is 4.00.